The third-order valence-electron chi connectivity index (χ3n) is 3.06. The molecule has 5 nitrogen and oxygen atoms in total. The van der Waals surface area contributed by atoms with Crippen molar-refractivity contribution < 1.29 is 4.79 Å². The zero-order chi connectivity index (χ0) is 14.7. The van der Waals surface area contributed by atoms with Crippen molar-refractivity contribution in [3.05, 3.63) is 35.3 Å². The van der Waals surface area contributed by atoms with E-state index in [0.29, 0.717) is 13.1 Å². The number of fused-ring (bicyclic) bond motifs is 1. The van der Waals surface area contributed by atoms with Gasteiger partial charge in [0.05, 0.1) is 11.2 Å². The molecular formula is C15H20N4O. The van der Waals surface area contributed by atoms with Crippen LogP contribution < -0.4 is 11.1 Å². The number of nitrogens with zero attached hydrogens (tertiary/aromatic N) is 2. The number of hydrogen-bond acceptors (Lipinski definition) is 4. The molecule has 1 amide bonds. The van der Waals surface area contributed by atoms with Crippen molar-refractivity contribution in [2.45, 2.75) is 26.7 Å². The van der Waals surface area contributed by atoms with Gasteiger partial charge in [0.2, 0.25) is 5.82 Å². The SMILES string of the molecule is Cc1ccc2nc(C(=O)NCCN)nc(C(C)C)c2c1. The molecule has 0 radical (unpaired) electrons. The Morgan fingerprint density at radius 1 is 1.35 bits per heavy atom. The number of carbonyl (C=O) groups is 1. The van der Waals surface area contributed by atoms with Crippen molar-refractivity contribution in [1.29, 1.82) is 0 Å². The fourth-order valence-electron chi connectivity index (χ4n) is 2.07. The van der Waals surface area contributed by atoms with Crippen LogP contribution in [0.15, 0.2) is 18.2 Å². The lowest BCUT2D eigenvalue weighted by atomic mass is 10.0. The summed E-state index contributed by atoms with van der Waals surface area (Å²) in [6, 6.07) is 5.98. The van der Waals surface area contributed by atoms with Crippen LogP contribution in [0, 0.1) is 6.92 Å². The first-order valence-corrected chi connectivity index (χ1v) is 6.79. The molecule has 2 rings (SSSR count). The van der Waals surface area contributed by atoms with Crippen LogP contribution in [0.2, 0.25) is 0 Å². The second-order valence-electron chi connectivity index (χ2n) is 5.15. The van der Waals surface area contributed by atoms with Crippen LogP contribution in [0.1, 0.15) is 41.6 Å². The normalized spacial score (nSPS) is 11.1. The van der Waals surface area contributed by atoms with Crippen LogP contribution in [-0.2, 0) is 0 Å². The predicted octanol–water partition coefficient (Wildman–Crippen LogP) is 1.75. The number of nitrogens with one attached hydrogen (secondary N) is 1. The van der Waals surface area contributed by atoms with Crippen LogP contribution in [-0.4, -0.2) is 29.0 Å². The molecule has 1 aromatic heterocycles. The minimum Gasteiger partial charge on any atom is -0.348 e. The first-order chi connectivity index (χ1) is 9.52. The van der Waals surface area contributed by atoms with Gasteiger partial charge in [0.15, 0.2) is 0 Å². The van der Waals surface area contributed by atoms with Crippen molar-refractivity contribution in [3.8, 4) is 0 Å². The molecule has 0 saturated heterocycles. The Labute approximate surface area is 118 Å². The molecule has 0 saturated carbocycles. The summed E-state index contributed by atoms with van der Waals surface area (Å²) in [4.78, 5) is 20.8. The maximum atomic E-state index is 12.0. The third kappa shape index (κ3) is 2.93. The minimum atomic E-state index is -0.278. The van der Waals surface area contributed by atoms with Gasteiger partial charge < -0.3 is 11.1 Å². The summed E-state index contributed by atoms with van der Waals surface area (Å²) in [5.74, 6) is 0.154. The van der Waals surface area contributed by atoms with Gasteiger partial charge in [-0.15, -0.1) is 0 Å². The van der Waals surface area contributed by atoms with Gasteiger partial charge in [-0.05, 0) is 25.0 Å². The standard InChI is InChI=1S/C15H20N4O/c1-9(2)13-11-8-10(3)4-5-12(11)18-14(19-13)15(20)17-7-6-16/h4-5,8-9H,6-7,16H2,1-3H3,(H,17,20). The number of hydrogen-bond donors (Lipinski definition) is 2. The maximum absolute atomic E-state index is 12.0. The molecule has 0 aliphatic rings. The molecule has 2 aromatic rings. The molecule has 1 heterocycles. The molecule has 3 N–H and O–H groups in total. The highest BCUT2D eigenvalue weighted by molar-refractivity contribution is 5.93. The van der Waals surface area contributed by atoms with Gasteiger partial charge in [-0.3, -0.25) is 4.79 Å². The fourth-order valence-corrected chi connectivity index (χ4v) is 2.07. The number of carbonyl (C=O) groups excluding carboxylic acids is 1. The smallest absolute Gasteiger partial charge is 0.289 e. The maximum Gasteiger partial charge on any atom is 0.289 e. The largest absolute Gasteiger partial charge is 0.348 e. The van der Waals surface area contributed by atoms with Crippen LogP contribution in [0.25, 0.3) is 10.9 Å². The number of aryl methyl sites for hydroxylation is 1. The Kier molecular flexibility index (Phi) is 4.29. The number of benzene rings is 1. The van der Waals surface area contributed by atoms with Gasteiger partial charge in [-0.25, -0.2) is 9.97 Å². The van der Waals surface area contributed by atoms with Crippen molar-refractivity contribution in [3.63, 3.8) is 0 Å². The van der Waals surface area contributed by atoms with E-state index in [1.807, 2.05) is 19.1 Å². The molecule has 1 aromatic carbocycles. The highest BCUT2D eigenvalue weighted by Gasteiger charge is 2.15. The highest BCUT2D eigenvalue weighted by atomic mass is 16.2. The molecule has 0 aliphatic carbocycles. The molecule has 0 spiro atoms. The van der Waals surface area contributed by atoms with Crippen molar-refractivity contribution in [1.82, 2.24) is 15.3 Å². The Bertz CT molecular complexity index is 637. The second kappa shape index (κ2) is 5.96. The summed E-state index contributed by atoms with van der Waals surface area (Å²) in [5, 5.41) is 3.71. The fraction of sp³-hybridized carbons (Fsp3) is 0.400. The molecule has 0 atom stereocenters. The number of rotatable bonds is 4. The molecular weight excluding hydrogens is 252 g/mol. The average Bonchev–Trinajstić information content (AvgIpc) is 2.43. The Morgan fingerprint density at radius 2 is 2.10 bits per heavy atom. The first-order valence-electron chi connectivity index (χ1n) is 6.79. The van der Waals surface area contributed by atoms with E-state index in [1.165, 1.54) is 0 Å². The van der Waals surface area contributed by atoms with Crippen molar-refractivity contribution in [2.24, 2.45) is 5.73 Å². The van der Waals surface area contributed by atoms with Crippen molar-refractivity contribution >= 4 is 16.8 Å². The summed E-state index contributed by atoms with van der Waals surface area (Å²) in [5.41, 5.74) is 8.24. The zero-order valence-corrected chi connectivity index (χ0v) is 12.1. The molecule has 0 fully saturated rings. The van der Waals surface area contributed by atoms with E-state index in [9.17, 15) is 4.79 Å². The van der Waals surface area contributed by atoms with Crippen LogP contribution >= 0.6 is 0 Å². The quantitative estimate of drug-likeness (QED) is 0.888. The predicted molar refractivity (Wildman–Crippen MR) is 79.8 cm³/mol. The number of amides is 1. The molecule has 5 heteroatoms. The second-order valence-corrected chi connectivity index (χ2v) is 5.15. The monoisotopic (exact) mass is 272 g/mol. The van der Waals surface area contributed by atoms with E-state index in [-0.39, 0.29) is 17.6 Å². The van der Waals surface area contributed by atoms with E-state index >= 15 is 0 Å². The van der Waals surface area contributed by atoms with Crippen LogP contribution in [0.5, 0.6) is 0 Å². The minimum absolute atomic E-state index is 0.207. The molecule has 106 valence electrons. The summed E-state index contributed by atoms with van der Waals surface area (Å²) >= 11 is 0. The van der Waals surface area contributed by atoms with Gasteiger partial charge >= 0.3 is 0 Å². The summed E-state index contributed by atoms with van der Waals surface area (Å²) in [7, 11) is 0. The highest BCUT2D eigenvalue weighted by Crippen LogP contribution is 2.23. The number of nitrogens with two attached hydrogens (primary N) is 1. The van der Waals surface area contributed by atoms with E-state index in [1.54, 1.807) is 0 Å². The Balaban J connectivity index is 2.53. The van der Waals surface area contributed by atoms with Gasteiger partial charge in [-0.2, -0.15) is 0 Å². The molecule has 0 bridgehead atoms. The van der Waals surface area contributed by atoms with E-state index in [2.05, 4.69) is 35.2 Å². The lowest BCUT2D eigenvalue weighted by Crippen LogP contribution is -2.30. The zero-order valence-electron chi connectivity index (χ0n) is 12.1. The molecule has 0 unspecified atom stereocenters. The summed E-state index contributed by atoms with van der Waals surface area (Å²) < 4.78 is 0. The Morgan fingerprint density at radius 3 is 2.75 bits per heavy atom. The number of aromatic nitrogens is 2. The van der Waals surface area contributed by atoms with Crippen LogP contribution in [0.3, 0.4) is 0 Å². The first kappa shape index (κ1) is 14.4. The summed E-state index contributed by atoms with van der Waals surface area (Å²) in [6.45, 7) is 6.98. The molecule has 20 heavy (non-hydrogen) atoms. The lowest BCUT2D eigenvalue weighted by molar-refractivity contribution is 0.0944. The third-order valence-corrected chi connectivity index (χ3v) is 3.06. The van der Waals surface area contributed by atoms with Gasteiger partial charge in [-0.1, -0.05) is 25.5 Å². The lowest BCUT2D eigenvalue weighted by Gasteiger charge is -2.11. The summed E-state index contributed by atoms with van der Waals surface area (Å²) in [6.07, 6.45) is 0. The van der Waals surface area contributed by atoms with E-state index < -0.39 is 0 Å². The average molecular weight is 272 g/mol. The topological polar surface area (TPSA) is 80.9 Å². The van der Waals surface area contributed by atoms with E-state index in [0.717, 1.165) is 22.2 Å². The molecule has 0 aliphatic heterocycles. The van der Waals surface area contributed by atoms with Gasteiger partial charge in [0, 0.05) is 18.5 Å². The van der Waals surface area contributed by atoms with Crippen molar-refractivity contribution in [2.75, 3.05) is 13.1 Å². The van der Waals surface area contributed by atoms with Crippen LogP contribution in [0.4, 0.5) is 0 Å². The van der Waals surface area contributed by atoms with E-state index in [4.69, 9.17) is 5.73 Å². The van der Waals surface area contributed by atoms with Gasteiger partial charge in [0.25, 0.3) is 5.91 Å². The Hall–Kier alpha value is -2.01. The van der Waals surface area contributed by atoms with Gasteiger partial charge in [0.1, 0.15) is 0 Å².